The van der Waals surface area contributed by atoms with E-state index in [1.807, 2.05) is 30.3 Å². The lowest BCUT2D eigenvalue weighted by molar-refractivity contribution is -0.119. The Morgan fingerprint density at radius 2 is 1.91 bits per heavy atom. The number of rotatable bonds is 5. The number of hydrazine groups is 1. The van der Waals surface area contributed by atoms with E-state index in [0.717, 1.165) is 37.9 Å². The number of benzene rings is 1. The summed E-state index contributed by atoms with van der Waals surface area (Å²) in [6.07, 6.45) is 3.77. The molecule has 0 atom stereocenters. The second kappa shape index (κ2) is 9.82. The number of nitrogens with zero attached hydrogens (tertiary/aromatic N) is 4. The van der Waals surface area contributed by atoms with Crippen molar-refractivity contribution in [2.24, 2.45) is 0 Å². The molecule has 2 N–H and O–H groups in total. The summed E-state index contributed by atoms with van der Waals surface area (Å²) < 4.78 is 3.45. The normalized spacial score (nSPS) is 13.3. The Bertz CT molecular complexity index is 1350. The van der Waals surface area contributed by atoms with E-state index >= 15 is 0 Å². The average Bonchev–Trinajstić information content (AvgIpc) is 3.43. The summed E-state index contributed by atoms with van der Waals surface area (Å²) >= 11 is 2.56. The highest BCUT2D eigenvalue weighted by atomic mass is 32.2. The number of thiophene rings is 1. The lowest BCUT2D eigenvalue weighted by atomic mass is 10.1. The smallest absolute Gasteiger partial charge is 0.284 e. The number of carbonyl (C=O) groups excluding carboxylic acids is 2. The fourth-order valence-electron chi connectivity index (χ4n) is 3.97. The maximum Gasteiger partial charge on any atom is 0.284 e. The molecule has 2 aromatic rings. The number of amides is 2. The number of para-hydroxylation sites is 1. The minimum atomic E-state index is -0.356. The Morgan fingerprint density at radius 3 is 2.71 bits per heavy atom. The molecule has 1 aromatic carbocycles. The Labute approximate surface area is 203 Å². The Kier molecular flexibility index (Phi) is 6.45. The SMILES string of the molecule is O=C(CSc1nc2nn(-c3ccccc3)c(=O)c-2c2n1CCCCC2)NNC(=O)c1cccs1. The summed E-state index contributed by atoms with van der Waals surface area (Å²) in [5, 5.41) is 6.94. The fourth-order valence-corrected chi connectivity index (χ4v) is 5.43. The fraction of sp³-hybridized carbons (Fsp3) is 0.261. The van der Waals surface area contributed by atoms with E-state index in [0.29, 0.717) is 27.1 Å². The van der Waals surface area contributed by atoms with Crippen molar-refractivity contribution in [1.82, 2.24) is 30.2 Å². The van der Waals surface area contributed by atoms with Crippen LogP contribution in [0.2, 0.25) is 0 Å². The molecule has 0 spiro atoms. The molecule has 0 aliphatic carbocycles. The molecule has 1 aromatic heterocycles. The number of hydrogen-bond donors (Lipinski definition) is 2. The van der Waals surface area contributed by atoms with Crippen LogP contribution < -0.4 is 16.4 Å². The topological polar surface area (TPSA) is 111 Å². The number of aromatic nitrogens is 4. The second-order valence-electron chi connectivity index (χ2n) is 7.82. The van der Waals surface area contributed by atoms with Crippen LogP contribution in [0, 0.1) is 0 Å². The first-order valence-electron chi connectivity index (χ1n) is 10.9. The van der Waals surface area contributed by atoms with Gasteiger partial charge in [0.15, 0.2) is 11.0 Å². The molecule has 0 radical (unpaired) electrons. The van der Waals surface area contributed by atoms with Crippen molar-refractivity contribution in [3.8, 4) is 17.1 Å². The Hall–Kier alpha value is -3.44. The second-order valence-corrected chi connectivity index (χ2v) is 9.71. The van der Waals surface area contributed by atoms with Crippen LogP contribution in [0.3, 0.4) is 0 Å². The van der Waals surface area contributed by atoms with E-state index in [-0.39, 0.29) is 23.1 Å². The van der Waals surface area contributed by atoms with Crippen molar-refractivity contribution < 1.29 is 9.59 Å². The van der Waals surface area contributed by atoms with Crippen LogP contribution in [0.5, 0.6) is 0 Å². The molecule has 11 heteroatoms. The van der Waals surface area contributed by atoms with Crippen LogP contribution in [0.15, 0.2) is 57.8 Å². The monoisotopic (exact) mass is 494 g/mol. The van der Waals surface area contributed by atoms with Crippen LogP contribution >= 0.6 is 23.1 Å². The van der Waals surface area contributed by atoms with Crippen LogP contribution in [0.25, 0.3) is 17.1 Å². The maximum atomic E-state index is 13.3. The summed E-state index contributed by atoms with van der Waals surface area (Å²) in [6.45, 7) is 0.729. The number of hydrogen-bond acceptors (Lipinski definition) is 7. The lowest BCUT2D eigenvalue weighted by Crippen LogP contribution is -2.42. The summed E-state index contributed by atoms with van der Waals surface area (Å²) in [4.78, 5) is 42.9. The molecule has 4 heterocycles. The molecular formula is C23H22N6O3S2. The quantitative estimate of drug-likeness (QED) is 0.251. The average molecular weight is 495 g/mol. The summed E-state index contributed by atoms with van der Waals surface area (Å²) in [6, 6.07) is 12.7. The minimum absolute atomic E-state index is 0.0618. The number of fused-ring (bicyclic) bond motifs is 3. The highest BCUT2D eigenvalue weighted by Gasteiger charge is 2.27. The number of carbonyl (C=O) groups is 2. The van der Waals surface area contributed by atoms with Gasteiger partial charge in [-0.3, -0.25) is 25.2 Å². The van der Waals surface area contributed by atoms with Gasteiger partial charge in [0.2, 0.25) is 5.91 Å². The van der Waals surface area contributed by atoms with Crippen LogP contribution in [-0.4, -0.2) is 36.9 Å². The van der Waals surface area contributed by atoms with Gasteiger partial charge in [0, 0.05) is 12.2 Å². The Morgan fingerprint density at radius 1 is 1.06 bits per heavy atom. The van der Waals surface area contributed by atoms with E-state index < -0.39 is 0 Å². The Balaban J connectivity index is 1.40. The minimum Gasteiger partial charge on any atom is -0.324 e. The predicted molar refractivity (Wildman–Crippen MR) is 130 cm³/mol. The van der Waals surface area contributed by atoms with Gasteiger partial charge in [0.25, 0.3) is 11.5 Å². The van der Waals surface area contributed by atoms with E-state index in [2.05, 4.69) is 25.5 Å². The number of thioether (sulfide) groups is 1. The van der Waals surface area contributed by atoms with Crippen molar-refractivity contribution in [1.29, 1.82) is 0 Å². The van der Waals surface area contributed by atoms with Crippen molar-refractivity contribution >= 4 is 34.9 Å². The maximum absolute atomic E-state index is 13.3. The van der Waals surface area contributed by atoms with Gasteiger partial charge in [-0.05, 0) is 42.8 Å². The molecule has 3 aliphatic heterocycles. The van der Waals surface area contributed by atoms with Gasteiger partial charge in [-0.1, -0.05) is 42.4 Å². The standard InChI is InChI=1S/C23H22N6O3S2/c30-18(25-26-21(31)17-11-7-13-33-17)14-34-23-24-20-19(16-10-5-2-6-12-28(16)23)22(32)29(27-20)15-8-3-1-4-9-15/h1,3-4,7-9,11,13H,2,5-6,10,12,14H2,(H,25,30)(H,26,31). The molecule has 0 saturated carbocycles. The molecular weight excluding hydrogens is 472 g/mol. The summed E-state index contributed by atoms with van der Waals surface area (Å²) in [7, 11) is 0. The molecule has 34 heavy (non-hydrogen) atoms. The molecule has 2 amide bonds. The van der Waals surface area contributed by atoms with Gasteiger partial charge in [0.1, 0.15) is 5.56 Å². The first-order chi connectivity index (χ1) is 16.6. The molecule has 174 valence electrons. The van der Waals surface area contributed by atoms with Crippen molar-refractivity contribution in [2.75, 3.05) is 5.75 Å². The van der Waals surface area contributed by atoms with E-state index in [4.69, 9.17) is 0 Å². The molecule has 5 rings (SSSR count). The van der Waals surface area contributed by atoms with Gasteiger partial charge in [-0.2, -0.15) is 4.68 Å². The molecule has 3 aliphatic rings. The van der Waals surface area contributed by atoms with E-state index in [1.165, 1.54) is 27.8 Å². The van der Waals surface area contributed by atoms with Crippen molar-refractivity contribution in [2.45, 2.75) is 37.4 Å². The van der Waals surface area contributed by atoms with Crippen LogP contribution in [0.1, 0.15) is 34.6 Å². The van der Waals surface area contributed by atoms with E-state index in [9.17, 15) is 14.4 Å². The zero-order chi connectivity index (χ0) is 23.5. The zero-order valence-electron chi connectivity index (χ0n) is 18.2. The first kappa shape index (κ1) is 22.4. The summed E-state index contributed by atoms with van der Waals surface area (Å²) in [5.41, 5.74) is 6.85. The third kappa shape index (κ3) is 4.48. The van der Waals surface area contributed by atoms with Gasteiger partial charge in [-0.15, -0.1) is 16.4 Å². The third-order valence-corrected chi connectivity index (χ3v) is 7.41. The highest BCUT2D eigenvalue weighted by molar-refractivity contribution is 7.99. The summed E-state index contributed by atoms with van der Waals surface area (Å²) in [5.74, 6) is -0.257. The predicted octanol–water partition coefficient (Wildman–Crippen LogP) is 2.88. The molecule has 9 nitrogen and oxygen atoms in total. The highest BCUT2D eigenvalue weighted by Crippen LogP contribution is 2.30. The van der Waals surface area contributed by atoms with E-state index in [1.54, 1.807) is 17.5 Å². The first-order valence-corrected chi connectivity index (χ1v) is 12.8. The number of nitrogens with one attached hydrogen (secondary N) is 2. The van der Waals surface area contributed by atoms with Crippen LogP contribution in [-0.2, 0) is 17.8 Å². The van der Waals surface area contributed by atoms with Crippen molar-refractivity contribution in [3.05, 3.63) is 68.8 Å². The van der Waals surface area contributed by atoms with Gasteiger partial charge in [-0.25, -0.2) is 4.98 Å². The lowest BCUT2D eigenvalue weighted by Gasteiger charge is -2.17. The molecule has 0 fully saturated rings. The molecule has 0 bridgehead atoms. The van der Waals surface area contributed by atoms with Gasteiger partial charge < -0.3 is 4.57 Å². The van der Waals surface area contributed by atoms with Gasteiger partial charge >= 0.3 is 0 Å². The largest absolute Gasteiger partial charge is 0.324 e. The molecule has 0 unspecified atom stereocenters. The third-order valence-electron chi connectivity index (χ3n) is 5.56. The van der Waals surface area contributed by atoms with Gasteiger partial charge in [0.05, 0.1) is 16.3 Å². The van der Waals surface area contributed by atoms with Crippen LogP contribution in [0.4, 0.5) is 0 Å². The molecule has 0 saturated heterocycles. The van der Waals surface area contributed by atoms with Crippen molar-refractivity contribution in [3.63, 3.8) is 0 Å². The zero-order valence-corrected chi connectivity index (χ0v) is 19.8.